The molecule has 10 heteroatoms. The van der Waals surface area contributed by atoms with Crippen LogP contribution < -0.4 is 14.8 Å². The van der Waals surface area contributed by atoms with Crippen LogP contribution in [0.4, 0.5) is 11.4 Å². The lowest BCUT2D eigenvalue weighted by atomic mass is 10.2. The van der Waals surface area contributed by atoms with Crippen LogP contribution in [-0.2, 0) is 10.0 Å². The molecule has 0 aliphatic rings. The fourth-order valence-electron chi connectivity index (χ4n) is 2.56. The first-order valence-corrected chi connectivity index (χ1v) is 11.0. The van der Waals surface area contributed by atoms with Crippen molar-refractivity contribution in [3.63, 3.8) is 0 Å². The molecule has 0 unspecified atom stereocenters. The molecule has 156 valence electrons. The summed E-state index contributed by atoms with van der Waals surface area (Å²) in [5.41, 5.74) is 0.605. The lowest BCUT2D eigenvalue weighted by Crippen LogP contribution is -2.16. The van der Waals surface area contributed by atoms with E-state index in [1.165, 1.54) is 37.4 Å². The first kappa shape index (κ1) is 22.2. The van der Waals surface area contributed by atoms with Crippen LogP contribution >= 0.6 is 34.8 Å². The molecule has 0 atom stereocenters. The molecule has 0 spiro atoms. The van der Waals surface area contributed by atoms with E-state index < -0.39 is 15.9 Å². The van der Waals surface area contributed by atoms with E-state index >= 15 is 0 Å². The minimum absolute atomic E-state index is 0.0748. The molecule has 0 aliphatic carbocycles. The van der Waals surface area contributed by atoms with Crippen LogP contribution in [0.2, 0.25) is 15.1 Å². The fraction of sp³-hybridized carbons (Fsp3) is 0.0500. The maximum atomic E-state index is 12.8. The second kappa shape index (κ2) is 9.14. The third-order valence-corrected chi connectivity index (χ3v) is 6.43. The van der Waals surface area contributed by atoms with Crippen molar-refractivity contribution in [2.75, 3.05) is 17.1 Å². The van der Waals surface area contributed by atoms with Gasteiger partial charge >= 0.3 is 0 Å². The summed E-state index contributed by atoms with van der Waals surface area (Å²) in [6, 6.07) is 15.0. The number of rotatable bonds is 6. The molecule has 0 heterocycles. The normalized spacial score (nSPS) is 11.1. The number of anilines is 2. The van der Waals surface area contributed by atoms with Gasteiger partial charge in [0.05, 0.1) is 33.4 Å². The lowest BCUT2D eigenvalue weighted by molar-refractivity contribution is 0.102. The zero-order chi connectivity index (χ0) is 21.9. The summed E-state index contributed by atoms with van der Waals surface area (Å²) in [6.45, 7) is 0. The van der Waals surface area contributed by atoms with E-state index in [0.29, 0.717) is 10.6 Å². The third kappa shape index (κ3) is 4.99. The molecule has 0 saturated heterocycles. The van der Waals surface area contributed by atoms with Gasteiger partial charge in [-0.05, 0) is 48.5 Å². The number of carbonyl (C=O) groups is 1. The van der Waals surface area contributed by atoms with Crippen molar-refractivity contribution in [1.82, 2.24) is 0 Å². The summed E-state index contributed by atoms with van der Waals surface area (Å²) in [7, 11) is -2.62. The number of ether oxygens (including phenoxy) is 1. The van der Waals surface area contributed by atoms with Gasteiger partial charge in [0.1, 0.15) is 5.75 Å². The number of hydrogen-bond donors (Lipinski definition) is 2. The van der Waals surface area contributed by atoms with Gasteiger partial charge in [-0.25, -0.2) is 8.42 Å². The second-order valence-corrected chi connectivity index (χ2v) is 8.94. The van der Waals surface area contributed by atoms with Gasteiger partial charge in [-0.15, -0.1) is 0 Å². The molecule has 30 heavy (non-hydrogen) atoms. The van der Waals surface area contributed by atoms with E-state index in [-0.39, 0.29) is 32.1 Å². The molecule has 0 aromatic heterocycles. The molecule has 0 radical (unpaired) electrons. The minimum atomic E-state index is -4.03. The summed E-state index contributed by atoms with van der Waals surface area (Å²) in [5, 5.41) is 3.32. The second-order valence-electron chi connectivity index (χ2n) is 6.03. The predicted octanol–water partition coefficient (Wildman–Crippen LogP) is 5.71. The predicted molar refractivity (Wildman–Crippen MR) is 120 cm³/mol. The van der Waals surface area contributed by atoms with Gasteiger partial charge in [-0.2, -0.15) is 0 Å². The fourth-order valence-corrected chi connectivity index (χ4v) is 4.25. The third-order valence-electron chi connectivity index (χ3n) is 4.01. The van der Waals surface area contributed by atoms with Crippen LogP contribution in [0.1, 0.15) is 10.4 Å². The van der Waals surface area contributed by atoms with Crippen molar-refractivity contribution in [2.45, 2.75) is 4.90 Å². The standard InChI is InChI=1S/C20H15Cl3N2O4S/c1-29-18-9-8-14(30(27,28)25-16-7-3-6-15(22)19(16)23)11-17(18)24-20(26)12-4-2-5-13(21)10-12/h2-11,25H,1H3,(H,24,26). The monoisotopic (exact) mass is 484 g/mol. The lowest BCUT2D eigenvalue weighted by Gasteiger charge is -2.14. The van der Waals surface area contributed by atoms with Crippen molar-refractivity contribution >= 4 is 62.1 Å². The number of amides is 1. The Morgan fingerprint density at radius 1 is 0.933 bits per heavy atom. The molecule has 6 nitrogen and oxygen atoms in total. The van der Waals surface area contributed by atoms with Crippen molar-refractivity contribution in [3.05, 3.63) is 81.3 Å². The Labute approximate surface area is 188 Å². The highest BCUT2D eigenvalue weighted by Gasteiger charge is 2.20. The number of methoxy groups -OCH3 is 1. The van der Waals surface area contributed by atoms with E-state index in [1.54, 1.807) is 30.3 Å². The molecule has 3 rings (SSSR count). The van der Waals surface area contributed by atoms with Gasteiger partial charge in [0.25, 0.3) is 15.9 Å². The Hall–Kier alpha value is -2.45. The summed E-state index contributed by atoms with van der Waals surface area (Å²) < 4.78 is 33.3. The number of halogens is 3. The molecular formula is C20H15Cl3N2O4S. The molecule has 0 aliphatic heterocycles. The largest absolute Gasteiger partial charge is 0.495 e. The van der Waals surface area contributed by atoms with Gasteiger partial charge < -0.3 is 10.1 Å². The maximum absolute atomic E-state index is 12.8. The summed E-state index contributed by atoms with van der Waals surface area (Å²) in [6.07, 6.45) is 0. The molecule has 2 N–H and O–H groups in total. The molecule has 0 fully saturated rings. The average molecular weight is 486 g/mol. The zero-order valence-corrected chi connectivity index (χ0v) is 18.5. The van der Waals surface area contributed by atoms with Gasteiger partial charge in [-0.1, -0.05) is 46.9 Å². The minimum Gasteiger partial charge on any atom is -0.495 e. The van der Waals surface area contributed by atoms with E-state index in [2.05, 4.69) is 10.0 Å². The molecular weight excluding hydrogens is 471 g/mol. The van der Waals surface area contributed by atoms with Crippen LogP contribution in [-0.4, -0.2) is 21.4 Å². The van der Waals surface area contributed by atoms with E-state index in [4.69, 9.17) is 39.5 Å². The van der Waals surface area contributed by atoms with Crippen LogP contribution in [0.5, 0.6) is 5.75 Å². The summed E-state index contributed by atoms with van der Waals surface area (Å²) in [5.74, 6) is -0.193. The Morgan fingerprint density at radius 3 is 2.37 bits per heavy atom. The number of sulfonamides is 1. The van der Waals surface area contributed by atoms with Crippen molar-refractivity contribution in [2.24, 2.45) is 0 Å². The Balaban J connectivity index is 1.93. The highest BCUT2D eigenvalue weighted by molar-refractivity contribution is 7.92. The highest BCUT2D eigenvalue weighted by Crippen LogP contribution is 2.33. The number of carbonyl (C=O) groups excluding carboxylic acids is 1. The summed E-state index contributed by atoms with van der Waals surface area (Å²) >= 11 is 17.9. The molecule has 3 aromatic rings. The van der Waals surface area contributed by atoms with Crippen LogP contribution in [0.25, 0.3) is 0 Å². The van der Waals surface area contributed by atoms with Gasteiger partial charge in [0.15, 0.2) is 0 Å². The average Bonchev–Trinajstić information content (AvgIpc) is 2.71. The topological polar surface area (TPSA) is 84.5 Å². The Bertz CT molecular complexity index is 1220. The zero-order valence-electron chi connectivity index (χ0n) is 15.4. The molecule has 0 saturated carbocycles. The van der Waals surface area contributed by atoms with E-state index in [9.17, 15) is 13.2 Å². The van der Waals surface area contributed by atoms with E-state index in [0.717, 1.165) is 0 Å². The van der Waals surface area contributed by atoms with Gasteiger partial charge in [-0.3, -0.25) is 9.52 Å². The van der Waals surface area contributed by atoms with Crippen LogP contribution in [0.15, 0.2) is 65.6 Å². The van der Waals surface area contributed by atoms with Crippen LogP contribution in [0, 0.1) is 0 Å². The molecule has 0 bridgehead atoms. The quantitative estimate of drug-likeness (QED) is 0.468. The Kier molecular flexibility index (Phi) is 6.77. The van der Waals surface area contributed by atoms with Crippen LogP contribution in [0.3, 0.4) is 0 Å². The van der Waals surface area contributed by atoms with Crippen molar-refractivity contribution < 1.29 is 17.9 Å². The first-order valence-electron chi connectivity index (χ1n) is 8.43. The van der Waals surface area contributed by atoms with Gasteiger partial charge in [0.2, 0.25) is 0 Å². The molecule has 1 amide bonds. The van der Waals surface area contributed by atoms with Crippen molar-refractivity contribution in [1.29, 1.82) is 0 Å². The van der Waals surface area contributed by atoms with E-state index in [1.807, 2.05) is 0 Å². The highest BCUT2D eigenvalue weighted by atomic mass is 35.5. The summed E-state index contributed by atoms with van der Waals surface area (Å²) in [4.78, 5) is 12.4. The Morgan fingerprint density at radius 2 is 1.67 bits per heavy atom. The molecule has 3 aromatic carbocycles. The maximum Gasteiger partial charge on any atom is 0.262 e. The SMILES string of the molecule is COc1ccc(S(=O)(=O)Nc2cccc(Cl)c2Cl)cc1NC(=O)c1cccc(Cl)c1. The number of benzene rings is 3. The number of hydrogen-bond acceptors (Lipinski definition) is 4. The first-order chi connectivity index (χ1) is 14.2. The van der Waals surface area contributed by atoms with Crippen molar-refractivity contribution in [3.8, 4) is 5.75 Å². The number of nitrogens with one attached hydrogen (secondary N) is 2. The smallest absolute Gasteiger partial charge is 0.262 e. The van der Waals surface area contributed by atoms with Gasteiger partial charge in [0, 0.05) is 10.6 Å².